The molecule has 0 fully saturated rings. The predicted octanol–water partition coefficient (Wildman–Crippen LogP) is 3.44. The Kier molecular flexibility index (Phi) is 8.19. The minimum Gasteiger partial charge on any atom is -0.419 e. The van der Waals surface area contributed by atoms with E-state index in [1.54, 1.807) is 0 Å². The molecule has 0 unspecified atom stereocenters. The number of hydrogen-bond acceptors (Lipinski definition) is 1. The summed E-state index contributed by atoms with van der Waals surface area (Å²) in [5.74, 6) is 0. The van der Waals surface area contributed by atoms with Crippen molar-refractivity contribution < 1.29 is 4.43 Å². The van der Waals surface area contributed by atoms with Gasteiger partial charge < -0.3 is 4.43 Å². The summed E-state index contributed by atoms with van der Waals surface area (Å²) in [7, 11) is -0.253. The molecule has 0 aliphatic heterocycles. The van der Waals surface area contributed by atoms with Crippen molar-refractivity contribution in [3.8, 4) is 0 Å². The molecular formula is C12H26OSi. The predicted molar refractivity (Wildman–Crippen MR) is 67.5 cm³/mol. The molecule has 0 bridgehead atoms. The molecule has 0 amide bonds. The van der Waals surface area contributed by atoms with E-state index in [4.69, 9.17) is 4.43 Å². The van der Waals surface area contributed by atoms with E-state index in [0.717, 1.165) is 0 Å². The van der Waals surface area contributed by atoms with Crippen LogP contribution in [0.15, 0.2) is 12.7 Å². The molecule has 0 heterocycles. The average molecular weight is 214 g/mol. The number of unbranched alkanes of at least 4 members (excludes halogenated alkanes) is 4. The highest BCUT2D eigenvalue weighted by Crippen LogP contribution is 2.09. The average Bonchev–Trinajstić information content (AvgIpc) is 2.08. The van der Waals surface area contributed by atoms with Crippen molar-refractivity contribution in [1.82, 2.24) is 0 Å². The van der Waals surface area contributed by atoms with Gasteiger partial charge in [-0.05, 0) is 39.7 Å². The lowest BCUT2D eigenvalue weighted by atomic mass is 10.1. The Labute approximate surface area is 91.9 Å². The van der Waals surface area contributed by atoms with E-state index in [9.17, 15) is 0 Å². The van der Waals surface area contributed by atoms with Gasteiger partial charge in [0, 0.05) is 5.60 Å². The Bertz CT molecular complexity index is 138. The zero-order valence-corrected chi connectivity index (χ0v) is 11.6. The maximum absolute atomic E-state index is 5.78. The first kappa shape index (κ1) is 13.9. The molecule has 0 N–H and O–H groups in total. The summed E-state index contributed by atoms with van der Waals surface area (Å²) < 4.78 is 5.78. The number of allylic oxidation sites excluding steroid dienone is 1. The van der Waals surface area contributed by atoms with E-state index in [1.807, 2.05) is 6.08 Å². The first-order valence-corrected chi connectivity index (χ1v) is 7.39. The van der Waals surface area contributed by atoms with Crippen LogP contribution >= 0.6 is 0 Å². The van der Waals surface area contributed by atoms with Crippen LogP contribution in [0.2, 0.25) is 6.04 Å². The van der Waals surface area contributed by atoms with Crippen LogP contribution in [0.4, 0.5) is 0 Å². The van der Waals surface area contributed by atoms with E-state index < -0.39 is 0 Å². The fourth-order valence-electron chi connectivity index (χ4n) is 1.30. The molecule has 0 spiro atoms. The molecule has 0 saturated carbocycles. The quantitative estimate of drug-likeness (QED) is 0.342. The maximum atomic E-state index is 5.78. The minimum atomic E-state index is -0.253. The molecule has 0 aromatic carbocycles. The first-order valence-electron chi connectivity index (χ1n) is 5.81. The summed E-state index contributed by atoms with van der Waals surface area (Å²) in [6.07, 6.45) is 8.59. The van der Waals surface area contributed by atoms with Crippen molar-refractivity contribution in [2.45, 2.75) is 64.5 Å². The normalized spacial score (nSPS) is 12.5. The van der Waals surface area contributed by atoms with Gasteiger partial charge in [-0.15, -0.1) is 6.58 Å². The standard InChI is InChI=1S/C12H26OSi/c1-5-6-7-8-9-10-11-14-13-12(2,3)4/h5H,1,6-11,14H2,2-4H3. The van der Waals surface area contributed by atoms with Crippen LogP contribution in [0.3, 0.4) is 0 Å². The summed E-state index contributed by atoms with van der Waals surface area (Å²) in [6.45, 7) is 10.2. The van der Waals surface area contributed by atoms with Crippen LogP contribution in [-0.4, -0.2) is 15.4 Å². The molecule has 0 atom stereocenters. The van der Waals surface area contributed by atoms with E-state index in [2.05, 4.69) is 27.4 Å². The van der Waals surface area contributed by atoms with Crippen LogP contribution < -0.4 is 0 Å². The van der Waals surface area contributed by atoms with Gasteiger partial charge in [0.05, 0.1) is 0 Å². The maximum Gasteiger partial charge on any atom is 0.162 e. The van der Waals surface area contributed by atoms with Crippen LogP contribution in [0.1, 0.15) is 52.9 Å². The third kappa shape index (κ3) is 11.9. The van der Waals surface area contributed by atoms with Gasteiger partial charge in [0.2, 0.25) is 0 Å². The zero-order valence-electron chi connectivity index (χ0n) is 10.1. The topological polar surface area (TPSA) is 9.23 Å². The van der Waals surface area contributed by atoms with Gasteiger partial charge >= 0.3 is 0 Å². The first-order chi connectivity index (χ1) is 6.56. The highest BCUT2D eigenvalue weighted by molar-refractivity contribution is 6.27. The second-order valence-corrected chi connectivity index (χ2v) is 6.21. The van der Waals surface area contributed by atoms with Crippen LogP contribution in [0, 0.1) is 0 Å². The molecule has 0 saturated heterocycles. The molecule has 0 aliphatic rings. The molecule has 1 nitrogen and oxygen atoms in total. The van der Waals surface area contributed by atoms with Gasteiger partial charge in [0.25, 0.3) is 0 Å². The highest BCUT2D eigenvalue weighted by Gasteiger charge is 2.08. The van der Waals surface area contributed by atoms with E-state index >= 15 is 0 Å². The Hall–Kier alpha value is -0.0831. The van der Waals surface area contributed by atoms with Crippen LogP contribution in [0.5, 0.6) is 0 Å². The van der Waals surface area contributed by atoms with E-state index in [0.29, 0.717) is 0 Å². The second kappa shape index (κ2) is 8.24. The third-order valence-electron chi connectivity index (χ3n) is 2.09. The molecular weight excluding hydrogens is 188 g/mol. The van der Waals surface area contributed by atoms with Gasteiger partial charge in [-0.3, -0.25) is 0 Å². The Morgan fingerprint density at radius 1 is 1.14 bits per heavy atom. The molecule has 0 aromatic heterocycles. The minimum absolute atomic E-state index is 0.0923. The number of rotatable bonds is 8. The lowest BCUT2D eigenvalue weighted by Crippen LogP contribution is -2.21. The van der Waals surface area contributed by atoms with Gasteiger partial charge in [-0.25, -0.2) is 0 Å². The van der Waals surface area contributed by atoms with Crippen molar-refractivity contribution in [1.29, 1.82) is 0 Å². The SMILES string of the molecule is C=CCCCCCC[SiH2]OC(C)(C)C. The van der Waals surface area contributed by atoms with Crippen molar-refractivity contribution in [3.05, 3.63) is 12.7 Å². The van der Waals surface area contributed by atoms with Crippen molar-refractivity contribution in [2.24, 2.45) is 0 Å². The zero-order chi connectivity index (χ0) is 10.9. The molecule has 2 heteroatoms. The van der Waals surface area contributed by atoms with Gasteiger partial charge in [0.15, 0.2) is 9.76 Å². The molecule has 0 aliphatic carbocycles. The highest BCUT2D eigenvalue weighted by atomic mass is 28.2. The Morgan fingerprint density at radius 3 is 2.36 bits per heavy atom. The molecule has 0 rings (SSSR count). The molecule has 0 aromatic rings. The van der Waals surface area contributed by atoms with Crippen LogP contribution in [0.25, 0.3) is 0 Å². The van der Waals surface area contributed by atoms with Crippen molar-refractivity contribution >= 4 is 9.76 Å². The summed E-state index contributed by atoms with van der Waals surface area (Å²) >= 11 is 0. The van der Waals surface area contributed by atoms with Crippen molar-refractivity contribution in [3.63, 3.8) is 0 Å². The van der Waals surface area contributed by atoms with Crippen molar-refractivity contribution in [2.75, 3.05) is 0 Å². The van der Waals surface area contributed by atoms with Gasteiger partial charge in [0.1, 0.15) is 0 Å². The summed E-state index contributed by atoms with van der Waals surface area (Å²) in [4.78, 5) is 0. The van der Waals surface area contributed by atoms with Gasteiger partial charge in [-0.1, -0.05) is 25.3 Å². The lowest BCUT2D eigenvalue weighted by Gasteiger charge is -2.19. The van der Waals surface area contributed by atoms with Crippen LogP contribution in [-0.2, 0) is 4.43 Å². The molecule has 0 radical (unpaired) electrons. The Morgan fingerprint density at radius 2 is 1.79 bits per heavy atom. The summed E-state index contributed by atoms with van der Waals surface area (Å²) in [6, 6.07) is 1.34. The third-order valence-corrected chi connectivity index (χ3v) is 3.95. The van der Waals surface area contributed by atoms with Gasteiger partial charge in [-0.2, -0.15) is 0 Å². The fraction of sp³-hybridized carbons (Fsp3) is 0.833. The summed E-state index contributed by atoms with van der Waals surface area (Å²) in [5, 5.41) is 0. The fourth-order valence-corrected chi connectivity index (χ4v) is 2.61. The smallest absolute Gasteiger partial charge is 0.162 e. The summed E-state index contributed by atoms with van der Waals surface area (Å²) in [5.41, 5.74) is 0.0923. The van der Waals surface area contributed by atoms with E-state index in [1.165, 1.54) is 38.1 Å². The molecule has 84 valence electrons. The van der Waals surface area contributed by atoms with E-state index in [-0.39, 0.29) is 15.4 Å². The lowest BCUT2D eigenvalue weighted by molar-refractivity contribution is 0.138. The largest absolute Gasteiger partial charge is 0.419 e. The molecule has 14 heavy (non-hydrogen) atoms. The number of hydrogen-bond donors (Lipinski definition) is 0. The second-order valence-electron chi connectivity index (χ2n) is 4.81. The Balaban J connectivity index is 3.03. The monoisotopic (exact) mass is 214 g/mol.